The summed E-state index contributed by atoms with van der Waals surface area (Å²) in [5.74, 6) is 1.40. The lowest BCUT2D eigenvalue weighted by Crippen LogP contribution is -2.30. The maximum Gasteiger partial charge on any atom is 0.257 e. The highest BCUT2D eigenvalue weighted by Crippen LogP contribution is 2.39. The first-order valence-corrected chi connectivity index (χ1v) is 11.5. The maximum absolute atomic E-state index is 12.8. The number of carbonyl (C=O) groups is 2. The van der Waals surface area contributed by atoms with Gasteiger partial charge in [0.15, 0.2) is 16.6 Å². The molecule has 0 fully saturated rings. The number of amides is 2. The quantitative estimate of drug-likeness (QED) is 0.554. The summed E-state index contributed by atoms with van der Waals surface area (Å²) in [6.07, 6.45) is 2.26. The zero-order chi connectivity index (χ0) is 22.8. The molecule has 5 rings (SSSR count). The number of nitrogens with zero attached hydrogens (tertiary/aromatic N) is 1. The molecule has 9 heteroatoms. The number of nitrogens with one attached hydrogen (secondary N) is 2. The fourth-order valence-corrected chi connectivity index (χ4v) is 5.02. The Kier molecular flexibility index (Phi) is 5.87. The first-order valence-electron chi connectivity index (χ1n) is 10.7. The van der Waals surface area contributed by atoms with Gasteiger partial charge in [0.05, 0.1) is 18.7 Å². The van der Waals surface area contributed by atoms with Gasteiger partial charge in [0.2, 0.25) is 12.7 Å². The summed E-state index contributed by atoms with van der Waals surface area (Å²) in [6, 6.07) is 12.9. The number of benzene rings is 2. The molecule has 0 radical (unpaired) electrons. The number of fused-ring (bicyclic) bond motifs is 2. The van der Waals surface area contributed by atoms with Crippen LogP contribution in [0.1, 0.15) is 38.8 Å². The summed E-state index contributed by atoms with van der Waals surface area (Å²) in [7, 11) is 1.64. The van der Waals surface area contributed by atoms with Crippen LogP contribution >= 0.6 is 11.3 Å². The van der Waals surface area contributed by atoms with Gasteiger partial charge in [-0.15, -0.1) is 11.3 Å². The summed E-state index contributed by atoms with van der Waals surface area (Å²) in [4.78, 5) is 31.0. The Morgan fingerprint density at radius 3 is 2.79 bits per heavy atom. The van der Waals surface area contributed by atoms with Gasteiger partial charge in [0.1, 0.15) is 5.75 Å². The second kappa shape index (κ2) is 9.11. The van der Waals surface area contributed by atoms with E-state index in [-0.39, 0.29) is 24.5 Å². The minimum Gasteiger partial charge on any atom is -0.497 e. The summed E-state index contributed by atoms with van der Waals surface area (Å²) in [5.41, 5.74) is 2.36. The first-order chi connectivity index (χ1) is 16.1. The minimum absolute atomic E-state index is 0.0267. The van der Waals surface area contributed by atoms with E-state index in [1.54, 1.807) is 25.3 Å². The normalized spacial score (nSPS) is 15.7. The van der Waals surface area contributed by atoms with Crippen LogP contribution in [0.25, 0.3) is 0 Å². The Morgan fingerprint density at radius 1 is 1.15 bits per heavy atom. The molecular formula is C24H23N3O5S. The minimum atomic E-state index is -0.289. The second-order valence-electron chi connectivity index (χ2n) is 7.83. The Bertz CT molecular complexity index is 1190. The van der Waals surface area contributed by atoms with Gasteiger partial charge in [-0.2, -0.15) is 0 Å². The molecule has 1 aliphatic heterocycles. The largest absolute Gasteiger partial charge is 0.497 e. The lowest BCUT2D eigenvalue weighted by atomic mass is 10.1. The van der Waals surface area contributed by atoms with E-state index in [0.29, 0.717) is 28.7 Å². The molecule has 2 aromatic carbocycles. The Balaban J connectivity index is 1.18. The van der Waals surface area contributed by atoms with E-state index in [1.807, 2.05) is 24.3 Å². The molecule has 3 aromatic rings. The van der Waals surface area contributed by atoms with E-state index in [4.69, 9.17) is 14.2 Å². The number of carbonyl (C=O) groups excluding carboxylic acids is 2. The number of aromatic nitrogens is 1. The number of methoxy groups -OCH3 is 1. The van der Waals surface area contributed by atoms with Crippen LogP contribution in [0.3, 0.4) is 0 Å². The second-order valence-corrected chi connectivity index (χ2v) is 8.91. The fourth-order valence-electron chi connectivity index (χ4n) is 3.99. The van der Waals surface area contributed by atoms with Crippen LogP contribution in [0.4, 0.5) is 5.13 Å². The van der Waals surface area contributed by atoms with Crippen molar-refractivity contribution in [1.29, 1.82) is 0 Å². The molecule has 170 valence electrons. The van der Waals surface area contributed by atoms with Gasteiger partial charge in [-0.25, -0.2) is 4.98 Å². The third-order valence-corrected chi connectivity index (χ3v) is 6.81. The molecule has 0 spiro atoms. The van der Waals surface area contributed by atoms with Crippen molar-refractivity contribution >= 4 is 28.3 Å². The van der Waals surface area contributed by atoms with Gasteiger partial charge in [-0.1, -0.05) is 12.1 Å². The van der Waals surface area contributed by atoms with Crippen LogP contribution in [0.5, 0.6) is 17.2 Å². The number of rotatable bonds is 7. The molecular weight excluding hydrogens is 442 g/mol. The maximum atomic E-state index is 12.8. The van der Waals surface area contributed by atoms with Crippen molar-refractivity contribution in [3.05, 3.63) is 64.2 Å². The molecule has 2 N–H and O–H groups in total. The highest BCUT2D eigenvalue weighted by atomic mass is 32.1. The first kappa shape index (κ1) is 21.3. The number of thiazole rings is 1. The van der Waals surface area contributed by atoms with Crippen LogP contribution in [-0.4, -0.2) is 37.2 Å². The lowest BCUT2D eigenvalue weighted by molar-refractivity contribution is -0.122. The third-order valence-electron chi connectivity index (χ3n) is 5.76. The van der Waals surface area contributed by atoms with Crippen molar-refractivity contribution in [3.8, 4) is 17.2 Å². The Labute approximate surface area is 194 Å². The third kappa shape index (κ3) is 4.49. The molecule has 0 saturated carbocycles. The Hall–Kier alpha value is -3.59. The SMILES string of the molecule is COc1ccc(CCNC(=O)[C@H]2CCc3sc(NC(=O)c4ccc5c(c4)OCO5)nc32)cc1. The van der Waals surface area contributed by atoms with Crippen molar-refractivity contribution in [3.63, 3.8) is 0 Å². The van der Waals surface area contributed by atoms with Crippen molar-refractivity contribution in [2.45, 2.75) is 25.2 Å². The molecule has 2 heterocycles. The average molecular weight is 466 g/mol. The van der Waals surface area contributed by atoms with E-state index < -0.39 is 0 Å². The van der Waals surface area contributed by atoms with Gasteiger partial charge >= 0.3 is 0 Å². The van der Waals surface area contributed by atoms with Gasteiger partial charge < -0.3 is 19.5 Å². The van der Waals surface area contributed by atoms with Gasteiger partial charge in [0, 0.05) is 17.0 Å². The van der Waals surface area contributed by atoms with E-state index >= 15 is 0 Å². The predicted octanol–water partition coefficient (Wildman–Crippen LogP) is 3.52. The number of anilines is 1. The van der Waals surface area contributed by atoms with Crippen LogP contribution in [0, 0.1) is 0 Å². The zero-order valence-corrected chi connectivity index (χ0v) is 18.9. The van der Waals surface area contributed by atoms with Crippen LogP contribution in [-0.2, 0) is 17.6 Å². The van der Waals surface area contributed by atoms with Gasteiger partial charge in [-0.05, 0) is 55.2 Å². The van der Waals surface area contributed by atoms with Crippen molar-refractivity contribution < 1.29 is 23.8 Å². The van der Waals surface area contributed by atoms with Crippen molar-refractivity contribution in [2.75, 3.05) is 25.8 Å². The van der Waals surface area contributed by atoms with Crippen molar-refractivity contribution in [1.82, 2.24) is 10.3 Å². The molecule has 0 bridgehead atoms. The number of aryl methyl sites for hydroxylation is 1. The highest BCUT2D eigenvalue weighted by molar-refractivity contribution is 7.16. The summed E-state index contributed by atoms with van der Waals surface area (Å²) >= 11 is 1.42. The zero-order valence-electron chi connectivity index (χ0n) is 18.1. The predicted molar refractivity (Wildman–Crippen MR) is 123 cm³/mol. The highest BCUT2D eigenvalue weighted by Gasteiger charge is 2.32. The number of ether oxygens (including phenoxy) is 3. The average Bonchev–Trinajstić information content (AvgIpc) is 3.54. The van der Waals surface area contributed by atoms with Crippen LogP contribution in [0.2, 0.25) is 0 Å². The molecule has 8 nitrogen and oxygen atoms in total. The van der Waals surface area contributed by atoms with E-state index in [1.165, 1.54) is 11.3 Å². The van der Waals surface area contributed by atoms with Crippen LogP contribution < -0.4 is 24.8 Å². The number of hydrogen-bond donors (Lipinski definition) is 2. The summed E-state index contributed by atoms with van der Waals surface area (Å²) in [5, 5.41) is 6.36. The fraction of sp³-hybridized carbons (Fsp3) is 0.292. The molecule has 2 amide bonds. The Morgan fingerprint density at radius 2 is 1.97 bits per heavy atom. The molecule has 0 saturated heterocycles. The van der Waals surface area contributed by atoms with Crippen molar-refractivity contribution in [2.24, 2.45) is 0 Å². The molecule has 1 atom stereocenters. The van der Waals surface area contributed by atoms with E-state index in [2.05, 4.69) is 15.6 Å². The van der Waals surface area contributed by atoms with E-state index in [0.717, 1.165) is 41.1 Å². The molecule has 1 aromatic heterocycles. The molecule has 1 aliphatic carbocycles. The molecule has 33 heavy (non-hydrogen) atoms. The molecule has 0 unspecified atom stereocenters. The van der Waals surface area contributed by atoms with Crippen LogP contribution in [0.15, 0.2) is 42.5 Å². The standard InChI is InChI=1S/C24H23N3O5S/c1-30-16-5-2-14(3-6-16)10-11-25-23(29)17-7-9-20-21(17)26-24(33-20)27-22(28)15-4-8-18-19(12-15)32-13-31-18/h2-6,8,12,17H,7,9-11,13H2,1H3,(H,25,29)(H,26,27,28)/t17-/m0/s1. The monoisotopic (exact) mass is 465 g/mol. The summed E-state index contributed by atoms with van der Waals surface area (Å²) in [6.45, 7) is 0.706. The lowest BCUT2D eigenvalue weighted by Gasteiger charge is -2.11. The smallest absolute Gasteiger partial charge is 0.257 e. The van der Waals surface area contributed by atoms with Gasteiger partial charge in [0.25, 0.3) is 5.91 Å². The summed E-state index contributed by atoms with van der Waals surface area (Å²) < 4.78 is 15.8. The topological polar surface area (TPSA) is 98.8 Å². The van der Waals surface area contributed by atoms with Gasteiger partial charge in [-0.3, -0.25) is 14.9 Å². The van der Waals surface area contributed by atoms with E-state index in [9.17, 15) is 9.59 Å². The molecule has 2 aliphatic rings. The number of hydrogen-bond acceptors (Lipinski definition) is 7.